The lowest BCUT2D eigenvalue weighted by Gasteiger charge is -2.04. The third-order valence-electron chi connectivity index (χ3n) is 5.06. The quantitative estimate of drug-likeness (QED) is 0.441. The zero-order valence-electron chi connectivity index (χ0n) is 15.4. The molecule has 0 aliphatic heterocycles. The molecule has 7 nitrogen and oxygen atoms in total. The zero-order valence-corrected chi connectivity index (χ0v) is 15.4. The molecule has 0 atom stereocenters. The molecule has 144 valence electrons. The Hall–Kier alpha value is -4.33. The van der Waals surface area contributed by atoms with Crippen LogP contribution in [-0.2, 0) is 0 Å². The number of furan rings is 1. The number of H-pyrrole nitrogens is 2. The van der Waals surface area contributed by atoms with Crippen molar-refractivity contribution in [3.63, 3.8) is 0 Å². The Morgan fingerprint density at radius 3 is 2.73 bits per heavy atom. The van der Waals surface area contributed by atoms with Gasteiger partial charge in [0, 0.05) is 35.3 Å². The predicted octanol–water partition coefficient (Wildman–Crippen LogP) is 4.96. The number of nitrogens with zero attached hydrogens (tertiary/aromatic N) is 4. The number of imidazole rings is 1. The first kappa shape index (κ1) is 16.6. The van der Waals surface area contributed by atoms with Crippen molar-refractivity contribution in [2.24, 2.45) is 0 Å². The Morgan fingerprint density at radius 1 is 0.933 bits per heavy atom. The van der Waals surface area contributed by atoms with E-state index in [4.69, 9.17) is 4.42 Å². The van der Waals surface area contributed by atoms with E-state index in [-0.39, 0.29) is 5.82 Å². The van der Waals surface area contributed by atoms with E-state index in [1.165, 1.54) is 0 Å². The summed E-state index contributed by atoms with van der Waals surface area (Å²) in [4.78, 5) is 16.4. The molecule has 2 N–H and O–H groups in total. The Bertz CT molecular complexity index is 1500. The lowest BCUT2D eigenvalue weighted by atomic mass is 10.0. The van der Waals surface area contributed by atoms with E-state index >= 15 is 4.39 Å². The van der Waals surface area contributed by atoms with Gasteiger partial charge in [-0.3, -0.25) is 15.1 Å². The normalized spacial score (nSPS) is 11.5. The lowest BCUT2D eigenvalue weighted by molar-refractivity contribution is 0.568. The topological polar surface area (TPSA) is 96.3 Å². The molecule has 1 aromatic carbocycles. The second-order valence-corrected chi connectivity index (χ2v) is 6.82. The molecule has 0 aliphatic rings. The Balaban J connectivity index is 1.57. The molecule has 0 saturated heterocycles. The molecule has 8 heteroatoms. The molecule has 6 rings (SSSR count). The summed E-state index contributed by atoms with van der Waals surface area (Å²) in [6.07, 6.45) is 8.17. The number of fused-ring (bicyclic) bond motifs is 2. The molecule has 0 spiro atoms. The average Bonchev–Trinajstić information content (AvgIpc) is 3.53. The van der Waals surface area contributed by atoms with Gasteiger partial charge in [0.25, 0.3) is 0 Å². The van der Waals surface area contributed by atoms with Crippen molar-refractivity contribution in [2.45, 2.75) is 0 Å². The number of hydrogen-bond donors (Lipinski definition) is 2. The van der Waals surface area contributed by atoms with Crippen LogP contribution in [-0.4, -0.2) is 30.1 Å². The predicted molar refractivity (Wildman–Crippen MR) is 110 cm³/mol. The summed E-state index contributed by atoms with van der Waals surface area (Å²) in [5, 5.41) is 7.60. The Morgan fingerprint density at radius 2 is 1.90 bits per heavy atom. The van der Waals surface area contributed by atoms with Gasteiger partial charge in [0.05, 0.1) is 28.9 Å². The van der Waals surface area contributed by atoms with E-state index in [1.54, 1.807) is 49.3 Å². The van der Waals surface area contributed by atoms with E-state index in [2.05, 4.69) is 30.1 Å². The van der Waals surface area contributed by atoms with Gasteiger partial charge < -0.3 is 9.40 Å². The van der Waals surface area contributed by atoms with Crippen molar-refractivity contribution < 1.29 is 8.81 Å². The SMILES string of the molecule is Fc1c(-c2cccnc2)ccc2[nH]nc(-c3nc4c(-c5ccoc5)nccc4[nH]3)c12. The minimum Gasteiger partial charge on any atom is -0.472 e. The van der Waals surface area contributed by atoms with Crippen molar-refractivity contribution in [1.82, 2.24) is 30.1 Å². The minimum atomic E-state index is -0.377. The van der Waals surface area contributed by atoms with E-state index in [1.807, 2.05) is 18.2 Å². The number of aromatic nitrogens is 6. The van der Waals surface area contributed by atoms with Gasteiger partial charge in [-0.2, -0.15) is 5.10 Å². The Kier molecular flexibility index (Phi) is 3.51. The summed E-state index contributed by atoms with van der Waals surface area (Å²) in [7, 11) is 0. The Labute approximate surface area is 168 Å². The second-order valence-electron chi connectivity index (χ2n) is 6.82. The van der Waals surface area contributed by atoms with Crippen LogP contribution in [0, 0.1) is 5.82 Å². The average molecular weight is 396 g/mol. The third kappa shape index (κ3) is 2.44. The minimum absolute atomic E-state index is 0.369. The largest absolute Gasteiger partial charge is 0.472 e. The van der Waals surface area contributed by atoms with Gasteiger partial charge >= 0.3 is 0 Å². The maximum absolute atomic E-state index is 15.5. The van der Waals surface area contributed by atoms with Crippen molar-refractivity contribution in [2.75, 3.05) is 0 Å². The molecule has 0 saturated carbocycles. The highest BCUT2D eigenvalue weighted by Gasteiger charge is 2.20. The highest BCUT2D eigenvalue weighted by atomic mass is 19.1. The summed E-state index contributed by atoms with van der Waals surface area (Å²) < 4.78 is 20.7. The van der Waals surface area contributed by atoms with Crippen LogP contribution in [0.15, 0.2) is 71.9 Å². The molecule has 30 heavy (non-hydrogen) atoms. The number of nitrogens with one attached hydrogen (secondary N) is 2. The molecular weight excluding hydrogens is 383 g/mol. The molecule has 0 aliphatic carbocycles. The first-order chi connectivity index (χ1) is 14.8. The van der Waals surface area contributed by atoms with Gasteiger partial charge in [-0.25, -0.2) is 9.37 Å². The molecule has 0 radical (unpaired) electrons. The molecule has 5 heterocycles. The molecule has 5 aromatic heterocycles. The van der Waals surface area contributed by atoms with Crippen LogP contribution in [0.25, 0.3) is 55.8 Å². The summed E-state index contributed by atoms with van der Waals surface area (Å²) in [6.45, 7) is 0. The maximum atomic E-state index is 15.5. The second kappa shape index (κ2) is 6.35. The van der Waals surface area contributed by atoms with Gasteiger partial charge in [0.2, 0.25) is 0 Å². The highest BCUT2D eigenvalue weighted by molar-refractivity contribution is 5.98. The summed E-state index contributed by atoms with van der Waals surface area (Å²) in [6, 6.07) is 10.8. The van der Waals surface area contributed by atoms with Crippen LogP contribution < -0.4 is 0 Å². The van der Waals surface area contributed by atoms with Crippen LogP contribution in [0.3, 0.4) is 0 Å². The molecule has 0 bridgehead atoms. The van der Waals surface area contributed by atoms with Crippen molar-refractivity contribution in [3.05, 3.63) is 73.3 Å². The first-order valence-corrected chi connectivity index (χ1v) is 9.24. The van der Waals surface area contributed by atoms with E-state index in [0.717, 1.165) is 11.1 Å². The van der Waals surface area contributed by atoms with Crippen LogP contribution in [0.5, 0.6) is 0 Å². The monoisotopic (exact) mass is 396 g/mol. The van der Waals surface area contributed by atoms with Crippen LogP contribution in [0.2, 0.25) is 0 Å². The summed E-state index contributed by atoms with van der Waals surface area (Å²) in [5.74, 6) is 0.0779. The fourth-order valence-electron chi connectivity index (χ4n) is 3.65. The maximum Gasteiger partial charge on any atom is 0.159 e. The van der Waals surface area contributed by atoms with Crippen molar-refractivity contribution >= 4 is 21.9 Å². The number of rotatable bonds is 3. The van der Waals surface area contributed by atoms with Gasteiger partial charge in [-0.05, 0) is 30.3 Å². The molecule has 6 aromatic rings. The van der Waals surface area contributed by atoms with Gasteiger partial charge in [0.1, 0.15) is 22.7 Å². The first-order valence-electron chi connectivity index (χ1n) is 9.24. The lowest BCUT2D eigenvalue weighted by Crippen LogP contribution is -1.89. The van der Waals surface area contributed by atoms with E-state index < -0.39 is 0 Å². The molecule has 0 fully saturated rings. The summed E-state index contributed by atoms with van der Waals surface area (Å²) in [5.41, 5.74) is 5.07. The fourth-order valence-corrected chi connectivity index (χ4v) is 3.65. The van der Waals surface area contributed by atoms with Gasteiger partial charge in [0.15, 0.2) is 5.82 Å². The smallest absolute Gasteiger partial charge is 0.159 e. The molecule has 0 unspecified atom stereocenters. The van der Waals surface area contributed by atoms with E-state index in [0.29, 0.717) is 44.8 Å². The summed E-state index contributed by atoms with van der Waals surface area (Å²) >= 11 is 0. The zero-order chi connectivity index (χ0) is 20.1. The van der Waals surface area contributed by atoms with Crippen molar-refractivity contribution in [1.29, 1.82) is 0 Å². The molecule has 0 amide bonds. The van der Waals surface area contributed by atoms with Crippen LogP contribution in [0.1, 0.15) is 0 Å². The standard InChI is InChI=1S/C22H13FN6O/c23-18-14(12-2-1-7-24-10-12)3-4-15-17(18)21(29-28-15)22-26-16-5-8-25-19(20(16)27-22)13-6-9-30-11-13/h1-11H,(H,26,27)(H,28,29). The molecular formula is C22H13FN6O. The third-order valence-corrected chi connectivity index (χ3v) is 5.06. The number of aromatic amines is 2. The van der Waals surface area contributed by atoms with Gasteiger partial charge in [-0.1, -0.05) is 6.07 Å². The number of benzene rings is 1. The highest BCUT2D eigenvalue weighted by Crippen LogP contribution is 2.34. The number of pyridine rings is 2. The van der Waals surface area contributed by atoms with E-state index in [9.17, 15) is 0 Å². The van der Waals surface area contributed by atoms with Crippen LogP contribution >= 0.6 is 0 Å². The number of halogens is 1. The fraction of sp³-hybridized carbons (Fsp3) is 0. The number of hydrogen-bond acceptors (Lipinski definition) is 5. The van der Waals surface area contributed by atoms with Gasteiger partial charge in [-0.15, -0.1) is 0 Å². The van der Waals surface area contributed by atoms with Crippen molar-refractivity contribution in [3.8, 4) is 33.9 Å². The van der Waals surface area contributed by atoms with Crippen LogP contribution in [0.4, 0.5) is 4.39 Å².